The van der Waals surface area contributed by atoms with E-state index in [4.69, 9.17) is 4.74 Å². The summed E-state index contributed by atoms with van der Waals surface area (Å²) in [6, 6.07) is 0. The number of hydrogen-bond acceptors (Lipinski definition) is 2. The van der Waals surface area contributed by atoms with Crippen molar-refractivity contribution < 1.29 is 4.74 Å². The lowest BCUT2D eigenvalue weighted by Crippen LogP contribution is -2.36. The average molecular weight is 241 g/mol. The van der Waals surface area contributed by atoms with E-state index < -0.39 is 0 Å². The van der Waals surface area contributed by atoms with E-state index in [1.54, 1.807) is 0 Å². The Hall–Kier alpha value is -0.0800. The number of piperidine rings is 1. The molecule has 1 saturated heterocycles. The molecule has 0 atom stereocenters. The number of rotatable bonds is 7. The zero-order valence-electron chi connectivity index (χ0n) is 12.2. The standard InChI is InChI=1S/C15H31NO/c1-13(2)5-6-15-7-9-16(10-8-15)11-12-17-14(3)4/h13-15H,5-12H2,1-4H3. The van der Waals surface area contributed by atoms with Crippen LogP contribution in [0.4, 0.5) is 0 Å². The highest BCUT2D eigenvalue weighted by atomic mass is 16.5. The van der Waals surface area contributed by atoms with Crippen LogP contribution in [0.1, 0.15) is 53.4 Å². The lowest BCUT2D eigenvalue weighted by Gasteiger charge is -2.32. The molecular formula is C15H31NO. The number of nitrogens with zero attached hydrogens (tertiary/aromatic N) is 1. The van der Waals surface area contributed by atoms with Gasteiger partial charge in [-0.2, -0.15) is 0 Å². The van der Waals surface area contributed by atoms with Gasteiger partial charge in [-0.25, -0.2) is 0 Å². The highest BCUT2D eigenvalue weighted by molar-refractivity contribution is 4.72. The molecule has 0 radical (unpaired) electrons. The molecule has 1 rings (SSSR count). The molecule has 0 spiro atoms. The Bertz CT molecular complexity index is 183. The van der Waals surface area contributed by atoms with Gasteiger partial charge in [0.15, 0.2) is 0 Å². The van der Waals surface area contributed by atoms with E-state index in [-0.39, 0.29) is 0 Å². The Morgan fingerprint density at radius 3 is 2.29 bits per heavy atom. The van der Waals surface area contributed by atoms with Crippen LogP contribution in [0.3, 0.4) is 0 Å². The molecular weight excluding hydrogens is 210 g/mol. The van der Waals surface area contributed by atoms with Crippen molar-refractivity contribution in [2.75, 3.05) is 26.2 Å². The Morgan fingerprint density at radius 2 is 1.76 bits per heavy atom. The second kappa shape index (κ2) is 8.10. The Kier molecular flexibility index (Phi) is 7.14. The molecule has 1 fully saturated rings. The van der Waals surface area contributed by atoms with E-state index in [9.17, 15) is 0 Å². The van der Waals surface area contributed by atoms with Crippen LogP contribution in [0.15, 0.2) is 0 Å². The van der Waals surface area contributed by atoms with Crippen LogP contribution in [0.5, 0.6) is 0 Å². The first-order valence-electron chi connectivity index (χ1n) is 7.42. The first kappa shape index (κ1) is 15.0. The van der Waals surface area contributed by atoms with Gasteiger partial charge in [-0.15, -0.1) is 0 Å². The predicted octanol–water partition coefficient (Wildman–Crippen LogP) is 3.56. The van der Waals surface area contributed by atoms with Crippen LogP contribution in [0.2, 0.25) is 0 Å². The van der Waals surface area contributed by atoms with Gasteiger partial charge >= 0.3 is 0 Å². The maximum atomic E-state index is 5.61. The van der Waals surface area contributed by atoms with Crippen molar-refractivity contribution in [1.82, 2.24) is 4.90 Å². The van der Waals surface area contributed by atoms with E-state index >= 15 is 0 Å². The summed E-state index contributed by atoms with van der Waals surface area (Å²) in [5.41, 5.74) is 0. The van der Waals surface area contributed by atoms with Crippen molar-refractivity contribution in [3.8, 4) is 0 Å². The molecule has 0 saturated carbocycles. The maximum Gasteiger partial charge on any atom is 0.0596 e. The van der Waals surface area contributed by atoms with Gasteiger partial charge in [-0.3, -0.25) is 0 Å². The van der Waals surface area contributed by atoms with Crippen LogP contribution in [-0.4, -0.2) is 37.2 Å². The Balaban J connectivity index is 2.05. The second-order valence-electron chi connectivity index (χ2n) is 6.18. The SMILES string of the molecule is CC(C)CCC1CCN(CCOC(C)C)CC1. The van der Waals surface area contributed by atoms with E-state index in [0.717, 1.165) is 25.0 Å². The molecule has 1 aliphatic rings. The predicted molar refractivity (Wildman–Crippen MR) is 74.3 cm³/mol. The van der Waals surface area contributed by atoms with E-state index in [0.29, 0.717) is 6.10 Å². The van der Waals surface area contributed by atoms with Crippen LogP contribution in [-0.2, 0) is 4.74 Å². The van der Waals surface area contributed by atoms with Crippen molar-refractivity contribution in [1.29, 1.82) is 0 Å². The number of hydrogen-bond donors (Lipinski definition) is 0. The summed E-state index contributed by atoms with van der Waals surface area (Å²) in [7, 11) is 0. The first-order valence-corrected chi connectivity index (χ1v) is 7.42. The Labute approximate surface area is 108 Å². The third-order valence-corrected chi connectivity index (χ3v) is 3.72. The maximum absolute atomic E-state index is 5.61. The molecule has 0 aromatic heterocycles. The van der Waals surface area contributed by atoms with Gasteiger partial charge in [-0.05, 0) is 51.6 Å². The summed E-state index contributed by atoms with van der Waals surface area (Å²) in [6.07, 6.45) is 6.01. The molecule has 0 aliphatic carbocycles. The number of likely N-dealkylation sites (tertiary alicyclic amines) is 1. The van der Waals surface area contributed by atoms with Gasteiger partial charge in [0.25, 0.3) is 0 Å². The molecule has 0 aromatic carbocycles. The minimum Gasteiger partial charge on any atom is -0.377 e. The molecule has 0 bridgehead atoms. The van der Waals surface area contributed by atoms with Gasteiger partial charge in [-0.1, -0.05) is 26.7 Å². The second-order valence-corrected chi connectivity index (χ2v) is 6.18. The van der Waals surface area contributed by atoms with Gasteiger partial charge in [0.1, 0.15) is 0 Å². The molecule has 1 aliphatic heterocycles. The largest absolute Gasteiger partial charge is 0.377 e. The number of ether oxygens (including phenoxy) is 1. The molecule has 0 amide bonds. The lowest BCUT2D eigenvalue weighted by molar-refractivity contribution is 0.0501. The molecule has 102 valence electrons. The molecule has 0 aromatic rings. The summed E-state index contributed by atoms with van der Waals surface area (Å²) in [5, 5.41) is 0. The van der Waals surface area contributed by atoms with E-state index in [2.05, 4.69) is 32.6 Å². The normalized spacial score (nSPS) is 19.4. The first-order chi connectivity index (χ1) is 8.08. The van der Waals surface area contributed by atoms with E-state index in [1.165, 1.54) is 38.8 Å². The third kappa shape index (κ3) is 7.05. The summed E-state index contributed by atoms with van der Waals surface area (Å²) >= 11 is 0. The summed E-state index contributed by atoms with van der Waals surface area (Å²) in [4.78, 5) is 2.56. The van der Waals surface area contributed by atoms with E-state index in [1.807, 2.05) is 0 Å². The van der Waals surface area contributed by atoms with Crippen molar-refractivity contribution in [3.63, 3.8) is 0 Å². The smallest absolute Gasteiger partial charge is 0.0596 e. The van der Waals surface area contributed by atoms with Crippen molar-refractivity contribution >= 4 is 0 Å². The molecule has 2 heteroatoms. The fourth-order valence-electron chi connectivity index (χ4n) is 2.49. The monoisotopic (exact) mass is 241 g/mol. The van der Waals surface area contributed by atoms with Crippen LogP contribution >= 0.6 is 0 Å². The lowest BCUT2D eigenvalue weighted by atomic mass is 9.90. The molecule has 0 unspecified atom stereocenters. The highest BCUT2D eigenvalue weighted by Crippen LogP contribution is 2.23. The highest BCUT2D eigenvalue weighted by Gasteiger charge is 2.18. The minimum atomic E-state index is 0.374. The molecule has 17 heavy (non-hydrogen) atoms. The Morgan fingerprint density at radius 1 is 1.12 bits per heavy atom. The fraction of sp³-hybridized carbons (Fsp3) is 1.00. The molecule has 1 heterocycles. The van der Waals surface area contributed by atoms with Gasteiger partial charge < -0.3 is 9.64 Å². The molecule has 2 nitrogen and oxygen atoms in total. The van der Waals surface area contributed by atoms with Crippen LogP contribution < -0.4 is 0 Å². The third-order valence-electron chi connectivity index (χ3n) is 3.72. The molecule has 0 N–H and O–H groups in total. The van der Waals surface area contributed by atoms with Crippen LogP contribution in [0.25, 0.3) is 0 Å². The zero-order chi connectivity index (χ0) is 12.7. The van der Waals surface area contributed by atoms with Crippen molar-refractivity contribution in [2.45, 2.75) is 59.5 Å². The van der Waals surface area contributed by atoms with Crippen molar-refractivity contribution in [2.24, 2.45) is 11.8 Å². The summed E-state index contributed by atoms with van der Waals surface area (Å²) in [5.74, 6) is 1.85. The zero-order valence-corrected chi connectivity index (χ0v) is 12.2. The van der Waals surface area contributed by atoms with Crippen LogP contribution in [0, 0.1) is 11.8 Å². The average Bonchev–Trinajstić information content (AvgIpc) is 2.27. The minimum absolute atomic E-state index is 0.374. The van der Waals surface area contributed by atoms with Crippen molar-refractivity contribution in [3.05, 3.63) is 0 Å². The quantitative estimate of drug-likeness (QED) is 0.676. The van der Waals surface area contributed by atoms with Gasteiger partial charge in [0.05, 0.1) is 12.7 Å². The fourth-order valence-corrected chi connectivity index (χ4v) is 2.49. The topological polar surface area (TPSA) is 12.5 Å². The summed E-state index contributed by atoms with van der Waals surface area (Å²) < 4.78 is 5.61. The van der Waals surface area contributed by atoms with Gasteiger partial charge in [0, 0.05) is 6.54 Å². The van der Waals surface area contributed by atoms with Gasteiger partial charge in [0.2, 0.25) is 0 Å². The summed E-state index contributed by atoms with van der Waals surface area (Å²) in [6.45, 7) is 13.5.